The molecular formula is C12H19O2P. The number of aliphatic hydroxyl groups is 1. The van der Waals surface area contributed by atoms with Crippen molar-refractivity contribution in [1.82, 2.24) is 0 Å². The Bertz CT molecular complexity index is 265. The van der Waals surface area contributed by atoms with Gasteiger partial charge >= 0.3 is 0 Å². The smallest absolute Gasteiger partial charge is 0.119 e. The molecule has 0 amide bonds. The van der Waals surface area contributed by atoms with Crippen molar-refractivity contribution in [3.05, 3.63) is 12.2 Å². The Morgan fingerprint density at radius 2 is 2.40 bits per heavy atom. The summed E-state index contributed by atoms with van der Waals surface area (Å²) in [4.78, 5) is 0. The van der Waals surface area contributed by atoms with Gasteiger partial charge in [-0.2, -0.15) is 0 Å². The zero-order valence-corrected chi connectivity index (χ0v) is 10.3. The fourth-order valence-corrected chi connectivity index (χ4v) is 1.69. The van der Waals surface area contributed by atoms with Crippen LogP contribution in [0, 0.1) is 23.7 Å². The van der Waals surface area contributed by atoms with Gasteiger partial charge in [-0.15, -0.1) is 0 Å². The second kappa shape index (κ2) is 7.01. The van der Waals surface area contributed by atoms with Gasteiger partial charge in [0, 0.05) is 16.1 Å². The molecule has 1 N–H and O–H groups in total. The fraction of sp³-hybridized carbons (Fsp3) is 0.667. The molecule has 1 fully saturated rings. The van der Waals surface area contributed by atoms with Crippen molar-refractivity contribution >= 4 is 9.47 Å². The third kappa shape index (κ3) is 5.33. The van der Waals surface area contributed by atoms with Gasteiger partial charge in [0.15, 0.2) is 0 Å². The van der Waals surface area contributed by atoms with E-state index in [2.05, 4.69) is 27.4 Å². The molecule has 3 heteroatoms. The molecule has 0 aliphatic heterocycles. The number of hydrogen-bond donors (Lipinski definition) is 1. The summed E-state index contributed by atoms with van der Waals surface area (Å²) in [5.41, 5.74) is 0. The second-order valence-electron chi connectivity index (χ2n) is 3.97. The summed E-state index contributed by atoms with van der Waals surface area (Å²) in [5.74, 6) is 7.43. The third-order valence-corrected chi connectivity index (χ3v) is 3.11. The van der Waals surface area contributed by atoms with E-state index in [1.807, 2.05) is 13.0 Å². The molecule has 0 aromatic rings. The van der Waals surface area contributed by atoms with Gasteiger partial charge in [0.2, 0.25) is 0 Å². The highest BCUT2D eigenvalue weighted by Gasteiger charge is 2.34. The Hall–Kier alpha value is -0.350. The van der Waals surface area contributed by atoms with Crippen LogP contribution in [-0.2, 0) is 4.52 Å². The van der Waals surface area contributed by atoms with Gasteiger partial charge in [0.05, 0.1) is 0 Å². The van der Waals surface area contributed by atoms with Crippen molar-refractivity contribution in [2.45, 2.75) is 32.3 Å². The molecule has 1 aliphatic carbocycles. The highest BCUT2D eigenvalue weighted by atomic mass is 31.0. The summed E-state index contributed by atoms with van der Waals surface area (Å²) >= 11 is 0. The van der Waals surface area contributed by atoms with Crippen molar-refractivity contribution in [3.63, 3.8) is 0 Å². The number of allylic oxidation sites excluding steroid dienone is 2. The molecule has 15 heavy (non-hydrogen) atoms. The van der Waals surface area contributed by atoms with E-state index in [4.69, 9.17) is 9.63 Å². The lowest BCUT2D eigenvalue weighted by Gasteiger charge is -1.95. The van der Waals surface area contributed by atoms with Crippen LogP contribution >= 0.6 is 9.47 Å². The van der Waals surface area contributed by atoms with E-state index in [1.165, 1.54) is 6.42 Å². The summed E-state index contributed by atoms with van der Waals surface area (Å²) in [6.45, 7) is 2.24. The van der Waals surface area contributed by atoms with Gasteiger partial charge in [-0.05, 0) is 44.1 Å². The highest BCUT2D eigenvalue weighted by Crippen LogP contribution is 2.43. The first-order valence-corrected chi connectivity index (χ1v) is 5.87. The SMILES string of the molecule is CC(C#C/C=C\C[C@H]1C[C@H]1CCO)OP. The number of hydrogen-bond acceptors (Lipinski definition) is 2. The lowest BCUT2D eigenvalue weighted by atomic mass is 10.2. The molecule has 1 rings (SSSR count). The molecule has 0 heterocycles. The molecule has 0 radical (unpaired) electrons. The molecule has 1 aliphatic rings. The quantitative estimate of drug-likeness (QED) is 0.575. The van der Waals surface area contributed by atoms with Crippen LogP contribution in [0.15, 0.2) is 12.2 Å². The maximum atomic E-state index is 8.74. The summed E-state index contributed by atoms with van der Waals surface area (Å²) in [6, 6.07) is 0. The topological polar surface area (TPSA) is 29.5 Å². The monoisotopic (exact) mass is 226 g/mol. The molecule has 1 saturated carbocycles. The maximum Gasteiger partial charge on any atom is 0.119 e. The first-order valence-electron chi connectivity index (χ1n) is 5.40. The van der Waals surface area contributed by atoms with Gasteiger partial charge < -0.3 is 9.63 Å². The van der Waals surface area contributed by atoms with Crippen LogP contribution in [0.25, 0.3) is 0 Å². The van der Waals surface area contributed by atoms with Gasteiger partial charge in [0.25, 0.3) is 0 Å². The minimum Gasteiger partial charge on any atom is -0.396 e. The predicted molar refractivity (Wildman–Crippen MR) is 65.1 cm³/mol. The van der Waals surface area contributed by atoms with E-state index in [1.54, 1.807) is 0 Å². The molecule has 84 valence electrons. The predicted octanol–water partition coefficient (Wildman–Crippen LogP) is 2.15. The molecule has 2 nitrogen and oxygen atoms in total. The van der Waals surface area contributed by atoms with E-state index in [0.717, 1.165) is 24.7 Å². The molecule has 0 saturated heterocycles. The summed E-state index contributed by atoms with van der Waals surface area (Å²) < 4.78 is 4.92. The number of rotatable bonds is 5. The van der Waals surface area contributed by atoms with Crippen LogP contribution in [0.4, 0.5) is 0 Å². The molecule has 4 atom stereocenters. The Morgan fingerprint density at radius 3 is 3.07 bits per heavy atom. The Morgan fingerprint density at radius 1 is 1.60 bits per heavy atom. The third-order valence-electron chi connectivity index (χ3n) is 2.70. The highest BCUT2D eigenvalue weighted by molar-refractivity contribution is 7.09. The Kier molecular flexibility index (Phi) is 5.95. The molecule has 0 bridgehead atoms. The van der Waals surface area contributed by atoms with Crippen molar-refractivity contribution in [1.29, 1.82) is 0 Å². The summed E-state index contributed by atoms with van der Waals surface area (Å²) in [7, 11) is 2.21. The minimum atomic E-state index is -0.0253. The molecule has 0 spiro atoms. The standard InChI is InChI=1S/C12H19O2P/c1-10(14-15)5-3-2-4-6-11-9-12(11)7-8-13/h2,4,10-13H,6-9,15H2,1H3/b4-2-/t10?,11-,12+/m0/s1. The van der Waals surface area contributed by atoms with Gasteiger partial charge in [0.1, 0.15) is 6.10 Å². The van der Waals surface area contributed by atoms with Crippen LogP contribution in [-0.4, -0.2) is 17.8 Å². The van der Waals surface area contributed by atoms with Crippen molar-refractivity contribution in [2.24, 2.45) is 11.8 Å². The first kappa shape index (κ1) is 12.7. The number of aliphatic hydroxyl groups excluding tert-OH is 1. The maximum absolute atomic E-state index is 8.74. The zero-order chi connectivity index (χ0) is 11.1. The van der Waals surface area contributed by atoms with E-state index in [0.29, 0.717) is 6.61 Å². The lowest BCUT2D eigenvalue weighted by Crippen LogP contribution is -1.94. The normalized spacial score (nSPS) is 26.1. The molecule has 2 unspecified atom stereocenters. The van der Waals surface area contributed by atoms with Gasteiger partial charge in [-0.25, -0.2) is 0 Å². The molecule has 0 aromatic heterocycles. The van der Waals surface area contributed by atoms with Crippen LogP contribution in [0.3, 0.4) is 0 Å². The van der Waals surface area contributed by atoms with Crippen molar-refractivity contribution in [3.8, 4) is 11.8 Å². The Labute approximate surface area is 94.4 Å². The fourth-order valence-electron chi connectivity index (χ4n) is 1.62. The first-order chi connectivity index (χ1) is 7.27. The average molecular weight is 226 g/mol. The second-order valence-corrected chi connectivity index (χ2v) is 4.25. The van der Waals surface area contributed by atoms with Crippen LogP contribution in [0.2, 0.25) is 0 Å². The zero-order valence-electron chi connectivity index (χ0n) is 9.15. The molecular weight excluding hydrogens is 207 g/mol. The van der Waals surface area contributed by atoms with Crippen LogP contribution < -0.4 is 0 Å². The van der Waals surface area contributed by atoms with Crippen LogP contribution in [0.1, 0.15) is 26.2 Å². The average Bonchev–Trinajstić information content (AvgIpc) is 2.96. The molecule has 0 aromatic carbocycles. The summed E-state index contributed by atoms with van der Waals surface area (Å²) in [5, 5.41) is 8.74. The van der Waals surface area contributed by atoms with Crippen molar-refractivity contribution < 1.29 is 9.63 Å². The van der Waals surface area contributed by atoms with Crippen LogP contribution in [0.5, 0.6) is 0 Å². The van der Waals surface area contributed by atoms with E-state index in [9.17, 15) is 0 Å². The van der Waals surface area contributed by atoms with E-state index < -0.39 is 0 Å². The minimum absolute atomic E-state index is 0.0253. The van der Waals surface area contributed by atoms with Gasteiger partial charge in [-0.1, -0.05) is 17.9 Å². The lowest BCUT2D eigenvalue weighted by molar-refractivity contribution is 0.277. The Balaban J connectivity index is 2.10. The van der Waals surface area contributed by atoms with Gasteiger partial charge in [-0.3, -0.25) is 0 Å². The van der Waals surface area contributed by atoms with Crippen molar-refractivity contribution in [2.75, 3.05) is 6.61 Å². The van der Waals surface area contributed by atoms with E-state index >= 15 is 0 Å². The largest absolute Gasteiger partial charge is 0.396 e. The summed E-state index contributed by atoms with van der Waals surface area (Å²) in [6.07, 6.45) is 7.31. The van der Waals surface area contributed by atoms with E-state index in [-0.39, 0.29) is 6.10 Å².